The molecule has 2 aromatic heterocycles. The molecule has 1 saturated heterocycles. The van der Waals surface area contributed by atoms with E-state index in [2.05, 4.69) is 44.9 Å². The third-order valence-corrected chi connectivity index (χ3v) is 5.81. The molecule has 0 bridgehead atoms. The lowest BCUT2D eigenvalue weighted by Crippen LogP contribution is -2.46. The number of rotatable bonds is 5. The molecule has 0 unspecified atom stereocenters. The van der Waals surface area contributed by atoms with Crippen LogP contribution in [-0.4, -0.2) is 45.3 Å². The number of guanidine groups is 1. The van der Waals surface area contributed by atoms with Gasteiger partial charge in [-0.05, 0) is 43.6 Å². The van der Waals surface area contributed by atoms with Crippen molar-refractivity contribution >= 4 is 17.3 Å². The maximum atomic E-state index is 4.85. The molecule has 0 saturated carbocycles. The Hall–Kier alpha value is -1.89. The number of aryl methyl sites for hydroxylation is 1. The Kier molecular flexibility index (Phi) is 6.07. The normalized spacial score (nSPS) is 16.4. The molecule has 7 heteroatoms. The molecule has 3 heterocycles. The van der Waals surface area contributed by atoms with E-state index in [9.17, 15) is 0 Å². The second-order valence-electron chi connectivity index (χ2n) is 6.79. The van der Waals surface area contributed by atoms with E-state index in [0.717, 1.165) is 49.6 Å². The molecule has 2 aromatic rings. The quantitative estimate of drug-likeness (QED) is 0.658. The van der Waals surface area contributed by atoms with Crippen LogP contribution in [0, 0.1) is 12.8 Å². The standard InChI is InChI=1S/C18H28N6S/c1-14-7-10-24(11-8-14)18(19-9-6-16-5-4-12-25-16)20-13-17-22-21-15(2)23(17)3/h4-5,12,14H,6-11,13H2,1-3H3,(H,19,20). The van der Waals surface area contributed by atoms with E-state index in [1.54, 1.807) is 0 Å². The maximum Gasteiger partial charge on any atom is 0.194 e. The Balaban J connectivity index is 1.64. The molecule has 1 aliphatic heterocycles. The first-order chi connectivity index (χ1) is 12.1. The number of likely N-dealkylation sites (tertiary alicyclic amines) is 1. The number of nitrogens with one attached hydrogen (secondary N) is 1. The minimum atomic E-state index is 0.560. The summed E-state index contributed by atoms with van der Waals surface area (Å²) in [4.78, 5) is 8.64. The summed E-state index contributed by atoms with van der Waals surface area (Å²) in [5.41, 5.74) is 0. The van der Waals surface area contributed by atoms with Gasteiger partial charge in [-0.2, -0.15) is 0 Å². The predicted octanol–water partition coefficient (Wildman–Crippen LogP) is 2.61. The van der Waals surface area contributed by atoms with Gasteiger partial charge in [-0.25, -0.2) is 4.99 Å². The minimum Gasteiger partial charge on any atom is -0.356 e. The number of hydrogen-bond acceptors (Lipinski definition) is 4. The average Bonchev–Trinajstić information content (AvgIpc) is 3.23. The van der Waals surface area contributed by atoms with Crippen molar-refractivity contribution in [2.45, 2.75) is 39.7 Å². The molecule has 6 nitrogen and oxygen atoms in total. The molecule has 3 rings (SSSR count). The SMILES string of the molecule is Cc1nnc(CN=C(NCCc2cccs2)N2CCC(C)CC2)n1C. The summed E-state index contributed by atoms with van der Waals surface area (Å²) < 4.78 is 2.01. The zero-order valence-corrected chi connectivity index (χ0v) is 16.2. The van der Waals surface area contributed by atoms with Crippen LogP contribution in [0.15, 0.2) is 22.5 Å². The summed E-state index contributed by atoms with van der Waals surface area (Å²) in [6.45, 7) is 7.91. The second-order valence-corrected chi connectivity index (χ2v) is 7.82. The van der Waals surface area contributed by atoms with Crippen molar-refractivity contribution in [3.8, 4) is 0 Å². The van der Waals surface area contributed by atoms with Crippen LogP contribution in [0.1, 0.15) is 36.3 Å². The highest BCUT2D eigenvalue weighted by molar-refractivity contribution is 7.09. The number of hydrogen-bond donors (Lipinski definition) is 1. The van der Waals surface area contributed by atoms with Crippen molar-refractivity contribution in [2.24, 2.45) is 18.0 Å². The lowest BCUT2D eigenvalue weighted by molar-refractivity contribution is 0.273. The summed E-state index contributed by atoms with van der Waals surface area (Å²) >= 11 is 1.81. The van der Waals surface area contributed by atoms with E-state index in [-0.39, 0.29) is 0 Å². The van der Waals surface area contributed by atoms with Crippen LogP contribution in [0.2, 0.25) is 0 Å². The molecule has 136 valence electrons. The fraction of sp³-hybridized carbons (Fsp3) is 0.611. The van der Waals surface area contributed by atoms with Crippen LogP contribution in [0.3, 0.4) is 0 Å². The van der Waals surface area contributed by atoms with Gasteiger partial charge >= 0.3 is 0 Å². The molecule has 1 N–H and O–H groups in total. The van der Waals surface area contributed by atoms with Gasteiger partial charge < -0.3 is 14.8 Å². The molecule has 0 radical (unpaired) electrons. The predicted molar refractivity (Wildman–Crippen MR) is 103 cm³/mol. The number of aromatic nitrogens is 3. The molecule has 0 amide bonds. The van der Waals surface area contributed by atoms with Crippen LogP contribution in [-0.2, 0) is 20.0 Å². The molecule has 1 fully saturated rings. The van der Waals surface area contributed by atoms with Crippen LogP contribution < -0.4 is 5.32 Å². The van der Waals surface area contributed by atoms with Gasteiger partial charge in [-0.15, -0.1) is 21.5 Å². The van der Waals surface area contributed by atoms with Crippen molar-refractivity contribution in [2.75, 3.05) is 19.6 Å². The van der Waals surface area contributed by atoms with Gasteiger partial charge in [0.05, 0.1) is 0 Å². The molecule has 0 aliphatic carbocycles. The Morgan fingerprint density at radius 1 is 1.36 bits per heavy atom. The van der Waals surface area contributed by atoms with Crippen LogP contribution in [0.5, 0.6) is 0 Å². The van der Waals surface area contributed by atoms with Crippen molar-refractivity contribution in [3.05, 3.63) is 34.0 Å². The number of piperidine rings is 1. The molecule has 0 atom stereocenters. The van der Waals surface area contributed by atoms with Gasteiger partial charge in [-0.1, -0.05) is 13.0 Å². The zero-order valence-electron chi connectivity index (χ0n) is 15.4. The second kappa shape index (κ2) is 8.47. The maximum absolute atomic E-state index is 4.85. The third kappa shape index (κ3) is 4.81. The number of nitrogens with zero attached hydrogens (tertiary/aromatic N) is 5. The van der Waals surface area contributed by atoms with Gasteiger partial charge in [-0.3, -0.25) is 0 Å². The fourth-order valence-electron chi connectivity index (χ4n) is 2.97. The van der Waals surface area contributed by atoms with Crippen LogP contribution in [0.25, 0.3) is 0 Å². The third-order valence-electron chi connectivity index (χ3n) is 4.87. The lowest BCUT2D eigenvalue weighted by atomic mass is 10.00. The van der Waals surface area contributed by atoms with Crippen molar-refractivity contribution in [3.63, 3.8) is 0 Å². The summed E-state index contributed by atoms with van der Waals surface area (Å²) in [6.07, 6.45) is 3.49. The van der Waals surface area contributed by atoms with Crippen LogP contribution in [0.4, 0.5) is 0 Å². The molecule has 1 aliphatic rings. The van der Waals surface area contributed by atoms with Gasteiger partial charge in [0, 0.05) is 31.6 Å². The first-order valence-electron chi connectivity index (χ1n) is 9.04. The zero-order chi connectivity index (χ0) is 17.6. The van der Waals surface area contributed by atoms with Gasteiger partial charge in [0.1, 0.15) is 12.4 Å². The van der Waals surface area contributed by atoms with E-state index in [4.69, 9.17) is 4.99 Å². The molecule has 25 heavy (non-hydrogen) atoms. The van der Waals surface area contributed by atoms with Gasteiger partial charge in [0.15, 0.2) is 11.8 Å². The summed E-state index contributed by atoms with van der Waals surface area (Å²) in [6, 6.07) is 4.30. The highest BCUT2D eigenvalue weighted by Crippen LogP contribution is 2.16. The van der Waals surface area contributed by atoms with E-state index in [1.165, 1.54) is 17.7 Å². The molecular formula is C18H28N6S. The first kappa shape index (κ1) is 17.9. The number of aliphatic imine (C=N–C) groups is 1. The van der Waals surface area contributed by atoms with E-state index >= 15 is 0 Å². The van der Waals surface area contributed by atoms with Gasteiger partial charge in [0.25, 0.3) is 0 Å². The summed E-state index contributed by atoms with van der Waals surface area (Å²) in [5, 5.41) is 14.0. The Morgan fingerprint density at radius 2 is 2.16 bits per heavy atom. The van der Waals surface area contributed by atoms with Crippen molar-refractivity contribution in [1.82, 2.24) is 25.0 Å². The van der Waals surface area contributed by atoms with Gasteiger partial charge in [0.2, 0.25) is 0 Å². The topological polar surface area (TPSA) is 58.3 Å². The Bertz CT molecular complexity index is 682. The lowest BCUT2D eigenvalue weighted by Gasteiger charge is -2.33. The minimum absolute atomic E-state index is 0.560. The average molecular weight is 361 g/mol. The monoisotopic (exact) mass is 360 g/mol. The smallest absolute Gasteiger partial charge is 0.194 e. The molecular weight excluding hydrogens is 332 g/mol. The fourth-order valence-corrected chi connectivity index (χ4v) is 3.68. The molecule has 0 aromatic carbocycles. The van der Waals surface area contributed by atoms with E-state index < -0.39 is 0 Å². The summed E-state index contributed by atoms with van der Waals surface area (Å²) in [7, 11) is 1.99. The Labute approximate surface area is 154 Å². The highest BCUT2D eigenvalue weighted by Gasteiger charge is 2.19. The van der Waals surface area contributed by atoms with Crippen molar-refractivity contribution in [1.29, 1.82) is 0 Å². The van der Waals surface area contributed by atoms with E-state index in [0.29, 0.717) is 6.54 Å². The Morgan fingerprint density at radius 3 is 2.80 bits per heavy atom. The van der Waals surface area contributed by atoms with Crippen molar-refractivity contribution < 1.29 is 0 Å². The number of thiophene rings is 1. The first-order valence-corrected chi connectivity index (χ1v) is 9.92. The highest BCUT2D eigenvalue weighted by atomic mass is 32.1. The van der Waals surface area contributed by atoms with Crippen LogP contribution >= 0.6 is 11.3 Å². The molecule has 0 spiro atoms. The largest absolute Gasteiger partial charge is 0.356 e. The van der Waals surface area contributed by atoms with E-state index in [1.807, 2.05) is 29.9 Å². The summed E-state index contributed by atoms with van der Waals surface area (Å²) in [5.74, 6) is 3.64.